The van der Waals surface area contributed by atoms with Crippen molar-refractivity contribution in [3.8, 4) is 11.5 Å². The Hall–Kier alpha value is -4.13. The minimum absolute atomic E-state index is 0.0287. The second-order valence-corrected chi connectivity index (χ2v) is 7.95. The molecule has 14 heteroatoms. The van der Waals surface area contributed by atoms with Crippen molar-refractivity contribution in [3.05, 3.63) is 69.7 Å². The predicted molar refractivity (Wildman–Crippen MR) is 119 cm³/mol. The Morgan fingerprint density at radius 1 is 1.14 bits per heavy atom. The molecule has 0 aliphatic heterocycles. The van der Waals surface area contributed by atoms with E-state index in [0.717, 1.165) is 4.57 Å². The number of halogens is 5. The van der Waals surface area contributed by atoms with E-state index in [0.29, 0.717) is 17.8 Å². The Morgan fingerprint density at radius 3 is 2.66 bits per heavy atom. The second-order valence-electron chi connectivity index (χ2n) is 7.57. The highest BCUT2D eigenvalue weighted by molar-refractivity contribution is 6.36. The molecule has 35 heavy (non-hydrogen) atoms. The van der Waals surface area contributed by atoms with E-state index in [1.807, 2.05) is 0 Å². The van der Waals surface area contributed by atoms with Crippen LogP contribution in [0.1, 0.15) is 5.56 Å². The molecule has 0 bridgehead atoms. The fraction of sp³-hybridized carbons (Fsp3) is 0.143. The van der Waals surface area contributed by atoms with Crippen LogP contribution in [0.15, 0.2) is 47.8 Å². The monoisotopic (exact) mass is 507 g/mol. The van der Waals surface area contributed by atoms with Crippen LogP contribution in [0.25, 0.3) is 16.7 Å². The van der Waals surface area contributed by atoms with E-state index in [2.05, 4.69) is 20.4 Å². The van der Waals surface area contributed by atoms with E-state index in [1.165, 1.54) is 53.9 Å². The van der Waals surface area contributed by atoms with Gasteiger partial charge in [-0.25, -0.2) is 13.9 Å². The van der Waals surface area contributed by atoms with Gasteiger partial charge in [-0.2, -0.15) is 23.3 Å². The molecular weight excluding hydrogens is 494 g/mol. The first-order chi connectivity index (χ1) is 16.5. The van der Waals surface area contributed by atoms with E-state index in [-0.39, 0.29) is 39.3 Å². The summed E-state index contributed by atoms with van der Waals surface area (Å²) < 4.78 is 62.8. The highest BCUT2D eigenvalue weighted by atomic mass is 35.5. The minimum atomic E-state index is -4.65. The van der Waals surface area contributed by atoms with Crippen molar-refractivity contribution in [2.24, 2.45) is 14.1 Å². The van der Waals surface area contributed by atoms with E-state index in [1.54, 1.807) is 0 Å². The summed E-state index contributed by atoms with van der Waals surface area (Å²) in [7, 11) is 2.75. The van der Waals surface area contributed by atoms with Crippen LogP contribution in [0.2, 0.25) is 5.02 Å². The normalized spacial score (nSPS) is 12.0. The molecule has 1 N–H and O–H groups in total. The minimum Gasteiger partial charge on any atom is -0.450 e. The standard InChI is InChI=1S/C21H14ClF4N7O2/c1-31-9-10(21(24,25)26)5-12(19(31)34)29-20-30-18-17(32(20)2)16(22)15(7-27-18)35-14-8-28-33-4-3-11(23)6-13(14)33/h3-9H,1-2H3,(H,27,29,30). The van der Waals surface area contributed by atoms with Crippen LogP contribution in [0.3, 0.4) is 0 Å². The first-order valence-electron chi connectivity index (χ1n) is 9.89. The summed E-state index contributed by atoms with van der Waals surface area (Å²) in [6.07, 6.45) is 0.170. The summed E-state index contributed by atoms with van der Waals surface area (Å²) in [5, 5.41) is 6.80. The van der Waals surface area contributed by atoms with Gasteiger partial charge in [0.05, 0.1) is 18.0 Å². The highest BCUT2D eigenvalue weighted by Gasteiger charge is 2.32. The molecule has 0 saturated heterocycles. The maximum Gasteiger partial charge on any atom is 0.417 e. The van der Waals surface area contributed by atoms with Crippen molar-refractivity contribution in [1.29, 1.82) is 0 Å². The van der Waals surface area contributed by atoms with E-state index in [9.17, 15) is 22.4 Å². The van der Waals surface area contributed by atoms with Gasteiger partial charge in [0.1, 0.15) is 27.6 Å². The quantitative estimate of drug-likeness (QED) is 0.356. The van der Waals surface area contributed by atoms with Crippen LogP contribution in [-0.2, 0) is 20.3 Å². The molecule has 0 unspecified atom stereocenters. The van der Waals surface area contributed by atoms with Gasteiger partial charge >= 0.3 is 6.18 Å². The number of nitrogens with one attached hydrogen (secondary N) is 1. The number of imidazole rings is 1. The number of ether oxygens (including phenoxy) is 1. The Bertz CT molecular complexity index is 1670. The van der Waals surface area contributed by atoms with Crippen LogP contribution in [0.5, 0.6) is 11.5 Å². The Labute approximate surface area is 198 Å². The third kappa shape index (κ3) is 3.93. The average molecular weight is 508 g/mol. The maximum absolute atomic E-state index is 13.7. The Kier molecular flexibility index (Phi) is 5.16. The lowest BCUT2D eigenvalue weighted by Gasteiger charge is -2.12. The van der Waals surface area contributed by atoms with Gasteiger partial charge in [0.2, 0.25) is 5.95 Å². The first-order valence-corrected chi connectivity index (χ1v) is 10.3. The topological polar surface area (TPSA) is 91.3 Å². The second kappa shape index (κ2) is 7.98. The molecule has 0 spiro atoms. The zero-order valence-corrected chi connectivity index (χ0v) is 18.7. The molecule has 0 aliphatic rings. The van der Waals surface area contributed by atoms with E-state index in [4.69, 9.17) is 16.3 Å². The number of fused-ring (bicyclic) bond motifs is 2. The van der Waals surface area contributed by atoms with Crippen molar-refractivity contribution in [2.75, 3.05) is 5.32 Å². The van der Waals surface area contributed by atoms with Gasteiger partial charge in [0.25, 0.3) is 5.56 Å². The van der Waals surface area contributed by atoms with Crippen molar-refractivity contribution in [3.63, 3.8) is 0 Å². The van der Waals surface area contributed by atoms with Crippen LogP contribution in [0.4, 0.5) is 29.2 Å². The smallest absolute Gasteiger partial charge is 0.417 e. The third-order valence-corrected chi connectivity index (χ3v) is 5.60. The number of pyridine rings is 3. The van der Waals surface area contributed by atoms with Gasteiger partial charge < -0.3 is 19.2 Å². The molecule has 5 aromatic rings. The molecule has 0 aliphatic carbocycles. The molecule has 0 aromatic carbocycles. The number of hydrogen-bond donors (Lipinski definition) is 1. The van der Waals surface area contributed by atoms with Crippen molar-refractivity contribution < 1.29 is 22.3 Å². The molecule has 0 atom stereocenters. The van der Waals surface area contributed by atoms with Crippen LogP contribution in [0, 0.1) is 5.82 Å². The van der Waals surface area contributed by atoms with E-state index >= 15 is 0 Å². The predicted octanol–water partition coefficient (Wildman–Crippen LogP) is 4.66. The fourth-order valence-electron chi connectivity index (χ4n) is 3.50. The molecule has 0 amide bonds. The molecule has 0 fully saturated rings. The van der Waals surface area contributed by atoms with Gasteiger partial charge in [-0.3, -0.25) is 4.79 Å². The summed E-state index contributed by atoms with van der Waals surface area (Å²) >= 11 is 6.53. The molecule has 0 radical (unpaired) electrons. The molecule has 9 nitrogen and oxygen atoms in total. The summed E-state index contributed by atoms with van der Waals surface area (Å²) in [6, 6.07) is 3.19. The summed E-state index contributed by atoms with van der Waals surface area (Å²) in [5.41, 5.74) is -1.22. The number of nitrogens with zero attached hydrogens (tertiary/aromatic N) is 6. The first kappa shape index (κ1) is 22.7. The molecule has 5 aromatic heterocycles. The molecule has 5 rings (SSSR count). The van der Waals surface area contributed by atoms with Crippen molar-refractivity contribution >= 4 is 39.9 Å². The SMILES string of the molecule is Cn1cc(C(F)(F)F)cc(Nc2nc3ncc(Oc4cnn5ccc(F)cc45)c(Cl)c3n2C)c1=O. The van der Waals surface area contributed by atoms with Gasteiger partial charge in [0, 0.05) is 32.6 Å². The lowest BCUT2D eigenvalue weighted by molar-refractivity contribution is -0.138. The van der Waals surface area contributed by atoms with Crippen LogP contribution >= 0.6 is 11.6 Å². The van der Waals surface area contributed by atoms with Crippen molar-refractivity contribution in [1.82, 2.24) is 28.7 Å². The Morgan fingerprint density at radius 2 is 1.91 bits per heavy atom. The average Bonchev–Trinajstić information content (AvgIpc) is 3.33. The number of aryl methyl sites for hydroxylation is 2. The number of aromatic nitrogens is 6. The molecular formula is C21H14ClF4N7O2. The molecule has 5 heterocycles. The molecule has 180 valence electrons. The highest BCUT2D eigenvalue weighted by Crippen LogP contribution is 2.37. The van der Waals surface area contributed by atoms with Gasteiger partial charge in [-0.1, -0.05) is 11.6 Å². The van der Waals surface area contributed by atoms with Gasteiger partial charge in [-0.15, -0.1) is 0 Å². The number of hydrogen-bond acceptors (Lipinski definition) is 6. The van der Waals surface area contributed by atoms with Gasteiger partial charge in [-0.05, 0) is 12.1 Å². The summed E-state index contributed by atoms with van der Waals surface area (Å²) in [4.78, 5) is 20.8. The van der Waals surface area contributed by atoms with Crippen LogP contribution < -0.4 is 15.6 Å². The third-order valence-electron chi connectivity index (χ3n) is 5.23. The van der Waals surface area contributed by atoms with E-state index < -0.39 is 23.1 Å². The van der Waals surface area contributed by atoms with Crippen LogP contribution in [-0.4, -0.2) is 28.7 Å². The summed E-state index contributed by atoms with van der Waals surface area (Å²) in [6.45, 7) is 0. The number of anilines is 2. The zero-order chi connectivity index (χ0) is 25.1. The van der Waals surface area contributed by atoms with Crippen molar-refractivity contribution in [2.45, 2.75) is 6.18 Å². The maximum atomic E-state index is 13.7. The Balaban J connectivity index is 1.54. The largest absolute Gasteiger partial charge is 0.450 e. The lowest BCUT2D eigenvalue weighted by atomic mass is 10.2. The fourth-order valence-corrected chi connectivity index (χ4v) is 3.80. The lowest BCUT2D eigenvalue weighted by Crippen LogP contribution is -2.23. The zero-order valence-electron chi connectivity index (χ0n) is 17.9. The summed E-state index contributed by atoms with van der Waals surface area (Å²) in [5.74, 6) is -0.116. The molecule has 0 saturated carbocycles. The van der Waals surface area contributed by atoms with Gasteiger partial charge in [0.15, 0.2) is 17.1 Å². The number of rotatable bonds is 4. The number of alkyl halides is 3.